The van der Waals surface area contributed by atoms with E-state index in [0.29, 0.717) is 5.13 Å². The third kappa shape index (κ3) is 5.39. The normalized spacial score (nSPS) is 15.9. The summed E-state index contributed by atoms with van der Waals surface area (Å²) < 4.78 is 0. The Balaban J connectivity index is 1.75. The molecule has 5 nitrogen and oxygen atoms in total. The van der Waals surface area contributed by atoms with E-state index < -0.39 is 11.9 Å². The molecule has 0 bridgehead atoms. The van der Waals surface area contributed by atoms with E-state index in [-0.39, 0.29) is 11.1 Å². The zero-order valence-corrected chi connectivity index (χ0v) is 16.3. The number of nitrogens with one attached hydrogen (secondary N) is 1. The molecule has 1 amide bonds. The number of benzene rings is 1. The van der Waals surface area contributed by atoms with Crippen LogP contribution in [0.4, 0.5) is 5.13 Å². The number of fused-ring (bicyclic) bond motifs is 1. The Kier molecular flexibility index (Phi) is 6.98. The second-order valence-electron chi connectivity index (χ2n) is 7.02. The monoisotopic (exact) mass is 386 g/mol. The van der Waals surface area contributed by atoms with Crippen LogP contribution in [-0.4, -0.2) is 22.0 Å². The Labute approximate surface area is 163 Å². The maximum atomic E-state index is 12.6. The summed E-state index contributed by atoms with van der Waals surface area (Å²) in [5.74, 6) is -1.52. The molecular formula is C21H26N2O3S. The molecule has 1 aromatic heterocycles. The Morgan fingerprint density at radius 2 is 1.48 bits per heavy atom. The third-order valence-corrected chi connectivity index (χ3v) is 6.04. The number of thiazole rings is 1. The Morgan fingerprint density at radius 1 is 0.889 bits per heavy atom. The first-order chi connectivity index (χ1) is 13.1. The predicted octanol–water partition coefficient (Wildman–Crippen LogP) is 5.31. The van der Waals surface area contributed by atoms with E-state index in [0.717, 1.165) is 31.4 Å². The van der Waals surface area contributed by atoms with E-state index in [2.05, 4.69) is 10.3 Å². The van der Waals surface area contributed by atoms with Crippen molar-refractivity contribution in [3.63, 3.8) is 0 Å². The van der Waals surface area contributed by atoms with Crippen LogP contribution in [0.3, 0.4) is 0 Å². The van der Waals surface area contributed by atoms with Gasteiger partial charge in [0.1, 0.15) is 0 Å². The molecule has 0 saturated carbocycles. The van der Waals surface area contributed by atoms with Crippen molar-refractivity contribution in [1.29, 1.82) is 0 Å². The number of carboxylic acids is 1. The molecule has 144 valence electrons. The number of amides is 1. The summed E-state index contributed by atoms with van der Waals surface area (Å²) in [6.45, 7) is 0. The molecule has 0 atom stereocenters. The van der Waals surface area contributed by atoms with Crippen molar-refractivity contribution in [3.05, 3.63) is 46.0 Å². The fraction of sp³-hybridized carbons (Fsp3) is 0.476. The van der Waals surface area contributed by atoms with Gasteiger partial charge in [-0.15, -0.1) is 11.3 Å². The van der Waals surface area contributed by atoms with E-state index >= 15 is 0 Å². The summed E-state index contributed by atoms with van der Waals surface area (Å²) in [6.07, 6.45) is 12.0. The molecule has 1 aliphatic carbocycles. The highest BCUT2D eigenvalue weighted by atomic mass is 32.1. The fourth-order valence-electron chi connectivity index (χ4n) is 3.50. The van der Waals surface area contributed by atoms with Crippen molar-refractivity contribution < 1.29 is 14.7 Å². The number of aromatic nitrogens is 1. The van der Waals surface area contributed by atoms with Crippen molar-refractivity contribution in [2.75, 3.05) is 5.32 Å². The van der Waals surface area contributed by atoms with Gasteiger partial charge in [0.25, 0.3) is 5.91 Å². The lowest BCUT2D eigenvalue weighted by Gasteiger charge is -2.06. The van der Waals surface area contributed by atoms with Crippen molar-refractivity contribution in [2.24, 2.45) is 0 Å². The van der Waals surface area contributed by atoms with Gasteiger partial charge in [0.2, 0.25) is 0 Å². The summed E-state index contributed by atoms with van der Waals surface area (Å²) in [5, 5.41) is 12.7. The first-order valence-corrected chi connectivity index (χ1v) is 10.6. The lowest BCUT2D eigenvalue weighted by atomic mass is 10.0. The quantitative estimate of drug-likeness (QED) is 0.749. The van der Waals surface area contributed by atoms with Gasteiger partial charge in [0.05, 0.1) is 16.8 Å². The molecule has 0 fully saturated rings. The molecule has 0 radical (unpaired) electrons. The van der Waals surface area contributed by atoms with Gasteiger partial charge in [-0.3, -0.25) is 10.1 Å². The molecule has 0 unspecified atom stereocenters. The SMILES string of the molecule is O=C(O)c1ccccc1C(=O)Nc1nc2c(s1)CCCCCCCCCC2. The van der Waals surface area contributed by atoms with Crippen LogP contribution in [0.1, 0.15) is 82.7 Å². The molecule has 27 heavy (non-hydrogen) atoms. The van der Waals surface area contributed by atoms with Gasteiger partial charge in [0.15, 0.2) is 5.13 Å². The minimum atomic E-state index is -1.10. The molecule has 0 spiro atoms. The van der Waals surface area contributed by atoms with Crippen LogP contribution in [0.25, 0.3) is 0 Å². The zero-order valence-electron chi connectivity index (χ0n) is 15.5. The van der Waals surface area contributed by atoms with Gasteiger partial charge in [-0.1, -0.05) is 50.7 Å². The van der Waals surface area contributed by atoms with Crippen LogP contribution >= 0.6 is 11.3 Å². The number of aryl methyl sites for hydroxylation is 2. The molecule has 3 rings (SSSR count). The average Bonchev–Trinajstić information content (AvgIpc) is 3.03. The lowest BCUT2D eigenvalue weighted by Crippen LogP contribution is -2.16. The van der Waals surface area contributed by atoms with Crippen LogP contribution in [0.5, 0.6) is 0 Å². The van der Waals surface area contributed by atoms with Crippen molar-refractivity contribution in [2.45, 2.75) is 64.2 Å². The highest BCUT2D eigenvalue weighted by Gasteiger charge is 2.18. The van der Waals surface area contributed by atoms with Crippen molar-refractivity contribution in [3.8, 4) is 0 Å². The predicted molar refractivity (Wildman–Crippen MR) is 108 cm³/mol. The van der Waals surface area contributed by atoms with Crippen molar-refractivity contribution >= 4 is 28.3 Å². The highest BCUT2D eigenvalue weighted by molar-refractivity contribution is 7.15. The van der Waals surface area contributed by atoms with E-state index in [1.54, 1.807) is 12.1 Å². The summed E-state index contributed by atoms with van der Waals surface area (Å²) >= 11 is 1.53. The summed E-state index contributed by atoms with van der Waals surface area (Å²) in [5.41, 5.74) is 1.27. The van der Waals surface area contributed by atoms with Gasteiger partial charge < -0.3 is 5.11 Å². The maximum Gasteiger partial charge on any atom is 0.336 e. The van der Waals surface area contributed by atoms with Gasteiger partial charge in [-0.2, -0.15) is 0 Å². The summed E-state index contributed by atoms with van der Waals surface area (Å²) in [6, 6.07) is 6.26. The molecule has 0 saturated heterocycles. The first-order valence-electron chi connectivity index (χ1n) is 9.77. The Hall–Kier alpha value is -2.21. The minimum Gasteiger partial charge on any atom is -0.478 e. The number of hydrogen-bond donors (Lipinski definition) is 2. The number of hydrogen-bond acceptors (Lipinski definition) is 4. The third-order valence-electron chi connectivity index (χ3n) is 4.97. The largest absolute Gasteiger partial charge is 0.478 e. The molecule has 6 heteroatoms. The van der Waals surface area contributed by atoms with Crippen LogP contribution in [0.2, 0.25) is 0 Å². The molecule has 2 N–H and O–H groups in total. The second kappa shape index (κ2) is 9.65. The number of rotatable bonds is 3. The van der Waals surface area contributed by atoms with Gasteiger partial charge in [-0.05, 0) is 37.8 Å². The number of carbonyl (C=O) groups is 2. The second-order valence-corrected chi connectivity index (χ2v) is 8.11. The fourth-order valence-corrected chi connectivity index (χ4v) is 4.54. The maximum absolute atomic E-state index is 12.6. The van der Waals surface area contributed by atoms with E-state index in [9.17, 15) is 14.7 Å². The molecule has 1 heterocycles. The summed E-state index contributed by atoms with van der Waals surface area (Å²) in [4.78, 5) is 29.8. The van der Waals surface area contributed by atoms with Crippen LogP contribution < -0.4 is 5.32 Å². The standard InChI is InChI=1S/C21H26N2O3S/c24-19(15-11-9-10-12-16(15)20(25)26)23-21-22-17-13-7-5-3-1-2-4-6-8-14-18(17)27-21/h9-12H,1-8,13-14H2,(H,25,26)(H,22,23,24). The number of nitrogens with zero attached hydrogens (tertiary/aromatic N) is 1. The number of carboxylic acid groups (broad SMARTS) is 1. The van der Waals surface area contributed by atoms with Gasteiger partial charge in [0, 0.05) is 4.88 Å². The molecule has 2 aromatic rings. The first kappa shape index (κ1) is 19.5. The zero-order chi connectivity index (χ0) is 19.1. The van der Waals surface area contributed by atoms with Crippen LogP contribution in [-0.2, 0) is 12.8 Å². The average molecular weight is 387 g/mol. The molecule has 0 aliphatic heterocycles. The van der Waals surface area contributed by atoms with Crippen molar-refractivity contribution in [1.82, 2.24) is 4.98 Å². The minimum absolute atomic E-state index is 0.00500. The number of carbonyl (C=O) groups excluding carboxylic acids is 1. The smallest absolute Gasteiger partial charge is 0.336 e. The number of anilines is 1. The molecule has 1 aromatic carbocycles. The Bertz CT molecular complexity index is 771. The van der Waals surface area contributed by atoms with Crippen LogP contribution in [0, 0.1) is 0 Å². The Morgan fingerprint density at radius 3 is 2.15 bits per heavy atom. The lowest BCUT2D eigenvalue weighted by molar-refractivity contribution is 0.0692. The van der Waals surface area contributed by atoms with Crippen LogP contribution in [0.15, 0.2) is 24.3 Å². The molecule has 1 aliphatic rings. The van der Waals surface area contributed by atoms with Gasteiger partial charge >= 0.3 is 5.97 Å². The highest BCUT2D eigenvalue weighted by Crippen LogP contribution is 2.28. The molecular weight excluding hydrogens is 360 g/mol. The van der Waals surface area contributed by atoms with E-state index in [1.165, 1.54) is 66.9 Å². The topological polar surface area (TPSA) is 79.3 Å². The summed E-state index contributed by atoms with van der Waals surface area (Å²) in [7, 11) is 0. The van der Waals surface area contributed by atoms with Gasteiger partial charge in [-0.25, -0.2) is 9.78 Å². The van der Waals surface area contributed by atoms with E-state index in [1.807, 2.05) is 0 Å². The van der Waals surface area contributed by atoms with E-state index in [4.69, 9.17) is 0 Å². The number of aromatic carboxylic acids is 1.